The molecule has 6 aromatic rings. The van der Waals surface area contributed by atoms with Gasteiger partial charge in [-0.1, -0.05) is 158 Å². The van der Waals surface area contributed by atoms with E-state index in [-0.39, 0.29) is 0 Å². The zero-order chi connectivity index (χ0) is 24.2. The highest BCUT2D eigenvalue weighted by molar-refractivity contribution is 6.09. The Balaban J connectivity index is 1.46. The molecule has 0 radical (unpaired) electrons. The van der Waals surface area contributed by atoms with E-state index in [4.69, 9.17) is 0 Å². The van der Waals surface area contributed by atoms with E-state index in [1.54, 1.807) is 0 Å². The van der Waals surface area contributed by atoms with Crippen LogP contribution in [0.5, 0.6) is 0 Å². The predicted molar refractivity (Wildman–Crippen MR) is 158 cm³/mol. The zero-order valence-electron chi connectivity index (χ0n) is 20.0. The third kappa shape index (κ3) is 4.37. The summed E-state index contributed by atoms with van der Waals surface area (Å²) in [5.41, 5.74) is 7.39. The molecule has 170 valence electrons. The molecular weight excluding hydrogens is 432 g/mol. The molecule has 0 atom stereocenters. The van der Waals surface area contributed by atoms with Crippen LogP contribution in [0.2, 0.25) is 0 Å². The smallest absolute Gasteiger partial charge is 0.00987 e. The third-order valence-corrected chi connectivity index (χ3v) is 6.72. The second kappa shape index (κ2) is 9.90. The summed E-state index contributed by atoms with van der Waals surface area (Å²) in [4.78, 5) is 0. The van der Waals surface area contributed by atoms with Crippen molar-refractivity contribution in [2.75, 3.05) is 0 Å². The first-order chi connectivity index (χ1) is 17.9. The molecule has 0 bridgehead atoms. The number of rotatable bonds is 5. The number of hydrogen-bond donors (Lipinski definition) is 0. The molecule has 0 fully saturated rings. The summed E-state index contributed by atoms with van der Waals surface area (Å²) in [6.45, 7) is 0. The Kier molecular flexibility index (Phi) is 6.00. The monoisotopic (exact) mass is 458 g/mol. The standard InChI is InChI=1S/C36H26/c1-3-11-27(12-4-1)19-21-29-23-25-35(33-17-9-7-15-31(29)33)36-26-24-30(32-16-8-10-18-34(32)36)22-20-28-13-5-2-6-14-28/h1-26H/b21-19+,22-20+. The highest BCUT2D eigenvalue weighted by Crippen LogP contribution is 2.37. The molecule has 0 heterocycles. The lowest BCUT2D eigenvalue weighted by Gasteiger charge is -2.14. The van der Waals surface area contributed by atoms with E-state index >= 15 is 0 Å². The Morgan fingerprint density at radius 2 is 0.639 bits per heavy atom. The minimum atomic E-state index is 1.20. The van der Waals surface area contributed by atoms with Crippen LogP contribution < -0.4 is 0 Å². The lowest BCUT2D eigenvalue weighted by molar-refractivity contribution is 1.64. The van der Waals surface area contributed by atoms with Crippen LogP contribution in [0.4, 0.5) is 0 Å². The van der Waals surface area contributed by atoms with Gasteiger partial charge in [-0.05, 0) is 54.9 Å². The molecular formula is C36H26. The lowest BCUT2D eigenvalue weighted by Crippen LogP contribution is -1.88. The average Bonchev–Trinajstić information content (AvgIpc) is 2.96. The van der Waals surface area contributed by atoms with Gasteiger partial charge in [0.2, 0.25) is 0 Å². The van der Waals surface area contributed by atoms with Gasteiger partial charge in [0.1, 0.15) is 0 Å². The van der Waals surface area contributed by atoms with Crippen molar-refractivity contribution in [3.8, 4) is 11.1 Å². The van der Waals surface area contributed by atoms with Crippen LogP contribution in [-0.4, -0.2) is 0 Å². The van der Waals surface area contributed by atoms with Crippen molar-refractivity contribution in [1.82, 2.24) is 0 Å². The third-order valence-electron chi connectivity index (χ3n) is 6.72. The SMILES string of the molecule is C(=C\c1ccc(-c2ccc(/C=C/c3ccccc3)c3ccccc23)c2ccccc12)/c1ccccc1. The Bertz CT molecular complexity index is 1570. The Hall–Kier alpha value is -4.68. The summed E-state index contributed by atoms with van der Waals surface area (Å²) < 4.78 is 0. The number of fused-ring (bicyclic) bond motifs is 2. The van der Waals surface area contributed by atoms with Gasteiger partial charge in [-0.3, -0.25) is 0 Å². The van der Waals surface area contributed by atoms with Gasteiger partial charge in [0.05, 0.1) is 0 Å². The highest BCUT2D eigenvalue weighted by atomic mass is 14.1. The molecule has 6 rings (SSSR count). The van der Waals surface area contributed by atoms with Crippen molar-refractivity contribution in [2.24, 2.45) is 0 Å². The fourth-order valence-electron chi connectivity index (χ4n) is 4.91. The molecule has 0 amide bonds. The van der Waals surface area contributed by atoms with Gasteiger partial charge >= 0.3 is 0 Å². The maximum absolute atomic E-state index is 2.27. The molecule has 0 saturated heterocycles. The van der Waals surface area contributed by atoms with Gasteiger partial charge in [-0.15, -0.1) is 0 Å². The van der Waals surface area contributed by atoms with E-state index in [9.17, 15) is 0 Å². The van der Waals surface area contributed by atoms with Crippen molar-refractivity contribution < 1.29 is 0 Å². The zero-order valence-corrected chi connectivity index (χ0v) is 20.0. The minimum Gasteiger partial charge on any atom is -0.0622 e. The van der Waals surface area contributed by atoms with Crippen LogP contribution in [0.25, 0.3) is 57.0 Å². The van der Waals surface area contributed by atoms with Crippen molar-refractivity contribution in [1.29, 1.82) is 0 Å². The van der Waals surface area contributed by atoms with E-state index in [2.05, 4.69) is 158 Å². The minimum absolute atomic E-state index is 1.20. The van der Waals surface area contributed by atoms with Crippen molar-refractivity contribution >= 4 is 45.8 Å². The molecule has 0 saturated carbocycles. The molecule has 0 heteroatoms. The van der Waals surface area contributed by atoms with E-state index in [1.165, 1.54) is 54.9 Å². The normalized spacial score (nSPS) is 11.7. The van der Waals surface area contributed by atoms with Crippen LogP contribution in [0, 0.1) is 0 Å². The second-order valence-electron chi connectivity index (χ2n) is 8.98. The molecule has 0 nitrogen and oxygen atoms in total. The number of hydrogen-bond acceptors (Lipinski definition) is 0. The van der Waals surface area contributed by atoms with Crippen LogP contribution in [0.3, 0.4) is 0 Å². The topological polar surface area (TPSA) is 0 Å². The van der Waals surface area contributed by atoms with Gasteiger partial charge in [0, 0.05) is 0 Å². The Labute approximate surface area is 212 Å². The van der Waals surface area contributed by atoms with Crippen LogP contribution >= 0.6 is 0 Å². The van der Waals surface area contributed by atoms with E-state index in [0.29, 0.717) is 0 Å². The van der Waals surface area contributed by atoms with E-state index in [1.807, 2.05) is 0 Å². The van der Waals surface area contributed by atoms with Crippen LogP contribution in [0.15, 0.2) is 133 Å². The molecule has 0 aliphatic rings. The summed E-state index contributed by atoms with van der Waals surface area (Å²) >= 11 is 0. The Morgan fingerprint density at radius 3 is 1.06 bits per heavy atom. The van der Waals surface area contributed by atoms with Gasteiger partial charge in [0.15, 0.2) is 0 Å². The fraction of sp³-hybridized carbons (Fsp3) is 0. The van der Waals surface area contributed by atoms with Gasteiger partial charge in [-0.25, -0.2) is 0 Å². The lowest BCUT2D eigenvalue weighted by atomic mass is 9.90. The molecule has 36 heavy (non-hydrogen) atoms. The Morgan fingerprint density at radius 1 is 0.278 bits per heavy atom. The molecule has 6 aromatic carbocycles. The average molecular weight is 459 g/mol. The first kappa shape index (κ1) is 21.8. The van der Waals surface area contributed by atoms with Crippen LogP contribution in [-0.2, 0) is 0 Å². The summed E-state index contributed by atoms with van der Waals surface area (Å²) in [5, 5.41) is 5.06. The molecule has 0 unspecified atom stereocenters. The molecule has 0 N–H and O–H groups in total. The van der Waals surface area contributed by atoms with Crippen LogP contribution in [0.1, 0.15) is 22.3 Å². The van der Waals surface area contributed by atoms with E-state index < -0.39 is 0 Å². The largest absolute Gasteiger partial charge is 0.0622 e. The van der Waals surface area contributed by atoms with Gasteiger partial charge < -0.3 is 0 Å². The fourth-order valence-corrected chi connectivity index (χ4v) is 4.91. The first-order valence-corrected chi connectivity index (χ1v) is 12.4. The van der Waals surface area contributed by atoms with Crippen molar-refractivity contribution in [3.63, 3.8) is 0 Å². The molecule has 0 spiro atoms. The predicted octanol–water partition coefficient (Wildman–Crippen LogP) is 10.0. The summed E-state index contributed by atoms with van der Waals surface area (Å²) in [5.74, 6) is 0. The highest BCUT2D eigenvalue weighted by Gasteiger charge is 2.11. The summed E-state index contributed by atoms with van der Waals surface area (Å²) in [6.07, 6.45) is 8.81. The second-order valence-corrected chi connectivity index (χ2v) is 8.98. The van der Waals surface area contributed by atoms with Gasteiger partial charge in [0.25, 0.3) is 0 Å². The summed E-state index contributed by atoms with van der Waals surface area (Å²) in [7, 11) is 0. The van der Waals surface area contributed by atoms with Crippen molar-refractivity contribution in [3.05, 3.63) is 156 Å². The quantitative estimate of drug-likeness (QED) is 0.225. The van der Waals surface area contributed by atoms with E-state index in [0.717, 1.165) is 0 Å². The van der Waals surface area contributed by atoms with Crippen molar-refractivity contribution in [2.45, 2.75) is 0 Å². The summed E-state index contributed by atoms with van der Waals surface area (Å²) in [6, 6.07) is 47.4. The molecule has 0 aliphatic heterocycles. The maximum Gasteiger partial charge on any atom is -0.00987 e. The molecule has 0 aromatic heterocycles. The maximum atomic E-state index is 2.27. The first-order valence-electron chi connectivity index (χ1n) is 12.4. The molecule has 0 aliphatic carbocycles. The number of benzene rings is 6. The van der Waals surface area contributed by atoms with Gasteiger partial charge in [-0.2, -0.15) is 0 Å².